The first-order valence-electron chi connectivity index (χ1n) is 10.9. The van der Waals surface area contributed by atoms with Crippen molar-refractivity contribution >= 4 is 0 Å². The van der Waals surface area contributed by atoms with E-state index in [0.717, 1.165) is 38.0 Å². The fourth-order valence-electron chi connectivity index (χ4n) is 3.65. The van der Waals surface area contributed by atoms with Crippen LogP contribution in [0.4, 0.5) is 0 Å². The SMILES string of the molecule is CC(C)=CCC/C(C)=C/CC/C(C)=C/CO.CC1CCC(C(C)C)C(O)C1. The molecule has 1 rings (SSSR count). The Morgan fingerprint density at radius 3 is 1.96 bits per heavy atom. The molecule has 0 spiro atoms. The molecule has 0 aromatic rings. The molecule has 0 radical (unpaired) electrons. The van der Waals surface area contributed by atoms with E-state index in [2.05, 4.69) is 60.6 Å². The highest BCUT2D eigenvalue weighted by atomic mass is 16.3. The van der Waals surface area contributed by atoms with Crippen molar-refractivity contribution in [2.75, 3.05) is 6.61 Å². The van der Waals surface area contributed by atoms with Crippen LogP contribution >= 0.6 is 0 Å². The lowest BCUT2D eigenvalue weighted by Gasteiger charge is -2.33. The Balaban J connectivity index is 0.000000533. The van der Waals surface area contributed by atoms with Crippen LogP contribution < -0.4 is 0 Å². The summed E-state index contributed by atoms with van der Waals surface area (Å²) in [5, 5.41) is 18.4. The van der Waals surface area contributed by atoms with Crippen molar-refractivity contribution in [3.63, 3.8) is 0 Å². The zero-order chi connectivity index (χ0) is 20.8. The monoisotopic (exact) mass is 378 g/mol. The zero-order valence-electron chi connectivity index (χ0n) is 19.1. The molecule has 1 fully saturated rings. The molecule has 0 bridgehead atoms. The molecule has 3 unspecified atom stereocenters. The highest BCUT2D eigenvalue weighted by Crippen LogP contribution is 2.33. The summed E-state index contributed by atoms with van der Waals surface area (Å²) in [7, 11) is 0. The molecule has 0 saturated heterocycles. The Bertz CT molecular complexity index is 467. The number of aliphatic hydroxyl groups is 2. The van der Waals surface area contributed by atoms with E-state index in [1.54, 1.807) is 0 Å². The molecule has 2 N–H and O–H groups in total. The van der Waals surface area contributed by atoms with E-state index in [9.17, 15) is 5.11 Å². The summed E-state index contributed by atoms with van der Waals surface area (Å²) in [5.74, 6) is 1.95. The van der Waals surface area contributed by atoms with Crippen molar-refractivity contribution in [1.29, 1.82) is 0 Å². The van der Waals surface area contributed by atoms with Gasteiger partial charge in [-0.25, -0.2) is 0 Å². The van der Waals surface area contributed by atoms with E-state index in [4.69, 9.17) is 5.11 Å². The molecule has 0 aromatic heterocycles. The van der Waals surface area contributed by atoms with E-state index < -0.39 is 0 Å². The van der Waals surface area contributed by atoms with Crippen molar-refractivity contribution in [2.45, 2.75) is 99.5 Å². The second kappa shape index (κ2) is 15.1. The minimum atomic E-state index is -0.0289. The normalized spacial score (nSPS) is 23.7. The quantitative estimate of drug-likeness (QED) is 0.454. The molecule has 2 nitrogen and oxygen atoms in total. The maximum Gasteiger partial charge on any atom is 0.0614 e. The predicted octanol–water partition coefficient (Wildman–Crippen LogP) is 6.84. The second-order valence-electron chi connectivity index (χ2n) is 9.04. The number of aliphatic hydroxyl groups excluding tert-OH is 2. The van der Waals surface area contributed by atoms with E-state index in [-0.39, 0.29) is 12.7 Å². The average Bonchev–Trinajstić information content (AvgIpc) is 2.55. The predicted molar refractivity (Wildman–Crippen MR) is 120 cm³/mol. The third-order valence-electron chi connectivity index (χ3n) is 5.55. The lowest BCUT2D eigenvalue weighted by molar-refractivity contribution is 0.0266. The van der Waals surface area contributed by atoms with Crippen LogP contribution in [0.15, 0.2) is 34.9 Å². The smallest absolute Gasteiger partial charge is 0.0614 e. The third kappa shape index (κ3) is 13.9. The third-order valence-corrected chi connectivity index (χ3v) is 5.55. The minimum Gasteiger partial charge on any atom is -0.393 e. The van der Waals surface area contributed by atoms with Gasteiger partial charge in [0, 0.05) is 0 Å². The molecular formula is C25H46O2. The zero-order valence-corrected chi connectivity index (χ0v) is 19.1. The van der Waals surface area contributed by atoms with Crippen LogP contribution in [-0.2, 0) is 0 Å². The summed E-state index contributed by atoms with van der Waals surface area (Å²) in [4.78, 5) is 0. The Morgan fingerprint density at radius 2 is 1.48 bits per heavy atom. The summed E-state index contributed by atoms with van der Waals surface area (Å²) >= 11 is 0. The molecule has 2 heteroatoms. The maximum atomic E-state index is 9.71. The van der Waals surface area contributed by atoms with Gasteiger partial charge in [-0.1, -0.05) is 62.1 Å². The standard InChI is InChI=1S/C15H26O.C10H20O/c1-13(2)7-5-8-14(3)9-6-10-15(4)11-12-16;1-7(2)9-5-4-8(3)6-10(9)11/h7,9,11,16H,5-6,8,10,12H2,1-4H3;7-11H,4-6H2,1-3H3/b14-9+,15-11+;. The van der Waals surface area contributed by atoms with Crippen LogP contribution in [0, 0.1) is 17.8 Å². The Kier molecular flexibility index (Phi) is 14.6. The van der Waals surface area contributed by atoms with Gasteiger partial charge >= 0.3 is 0 Å². The molecule has 158 valence electrons. The fraction of sp³-hybridized carbons (Fsp3) is 0.760. The van der Waals surface area contributed by atoms with Crippen LogP contribution in [0.5, 0.6) is 0 Å². The van der Waals surface area contributed by atoms with Gasteiger partial charge in [-0.15, -0.1) is 0 Å². The van der Waals surface area contributed by atoms with Crippen molar-refractivity contribution in [3.05, 3.63) is 34.9 Å². The van der Waals surface area contributed by atoms with E-state index in [1.165, 1.54) is 29.6 Å². The van der Waals surface area contributed by atoms with Gasteiger partial charge in [-0.3, -0.25) is 0 Å². The Labute approximate surface area is 169 Å². The van der Waals surface area contributed by atoms with Gasteiger partial charge in [-0.2, -0.15) is 0 Å². The van der Waals surface area contributed by atoms with Crippen molar-refractivity contribution in [2.24, 2.45) is 17.8 Å². The molecule has 3 atom stereocenters. The van der Waals surface area contributed by atoms with Gasteiger partial charge in [-0.05, 0) is 84.0 Å². The Morgan fingerprint density at radius 1 is 0.926 bits per heavy atom. The molecule has 1 saturated carbocycles. The number of rotatable bonds is 8. The number of allylic oxidation sites excluding steroid dienone is 5. The van der Waals surface area contributed by atoms with Crippen LogP contribution in [0.2, 0.25) is 0 Å². The highest BCUT2D eigenvalue weighted by Gasteiger charge is 2.28. The molecule has 0 amide bonds. The molecule has 1 aliphatic rings. The van der Waals surface area contributed by atoms with Gasteiger partial charge < -0.3 is 10.2 Å². The first kappa shape index (κ1) is 26.1. The first-order chi connectivity index (χ1) is 12.7. The first-order valence-corrected chi connectivity index (χ1v) is 10.9. The van der Waals surface area contributed by atoms with E-state index >= 15 is 0 Å². The second-order valence-corrected chi connectivity index (χ2v) is 9.04. The molecular weight excluding hydrogens is 332 g/mol. The molecule has 27 heavy (non-hydrogen) atoms. The van der Waals surface area contributed by atoms with Gasteiger partial charge in [0.15, 0.2) is 0 Å². The Hall–Kier alpha value is -0.860. The number of hydrogen-bond acceptors (Lipinski definition) is 2. The summed E-state index contributed by atoms with van der Waals surface area (Å²) < 4.78 is 0. The van der Waals surface area contributed by atoms with Crippen molar-refractivity contribution in [1.82, 2.24) is 0 Å². The van der Waals surface area contributed by atoms with E-state index in [0.29, 0.717) is 11.8 Å². The fourth-order valence-corrected chi connectivity index (χ4v) is 3.65. The van der Waals surface area contributed by atoms with Crippen molar-refractivity contribution < 1.29 is 10.2 Å². The summed E-state index contributed by atoms with van der Waals surface area (Å²) in [6, 6.07) is 0. The van der Waals surface area contributed by atoms with Crippen LogP contribution in [0.3, 0.4) is 0 Å². The lowest BCUT2D eigenvalue weighted by atomic mass is 9.75. The van der Waals surface area contributed by atoms with Crippen LogP contribution in [-0.4, -0.2) is 22.9 Å². The lowest BCUT2D eigenvalue weighted by Crippen LogP contribution is -2.31. The topological polar surface area (TPSA) is 40.5 Å². The summed E-state index contributed by atoms with van der Waals surface area (Å²) in [6.45, 7) is 15.4. The number of hydrogen-bond donors (Lipinski definition) is 2. The van der Waals surface area contributed by atoms with Gasteiger partial charge in [0.1, 0.15) is 0 Å². The van der Waals surface area contributed by atoms with Crippen LogP contribution in [0.1, 0.15) is 93.4 Å². The molecule has 1 aliphatic carbocycles. The van der Waals surface area contributed by atoms with Crippen molar-refractivity contribution in [3.8, 4) is 0 Å². The van der Waals surface area contributed by atoms with Gasteiger partial charge in [0.2, 0.25) is 0 Å². The minimum absolute atomic E-state index is 0.0289. The molecule has 0 heterocycles. The summed E-state index contributed by atoms with van der Waals surface area (Å²) in [5.41, 5.74) is 4.14. The van der Waals surface area contributed by atoms with Crippen LogP contribution in [0.25, 0.3) is 0 Å². The highest BCUT2D eigenvalue weighted by molar-refractivity contribution is 5.05. The average molecular weight is 379 g/mol. The molecule has 0 aromatic carbocycles. The largest absolute Gasteiger partial charge is 0.393 e. The molecule has 0 aliphatic heterocycles. The van der Waals surface area contributed by atoms with Gasteiger partial charge in [0.25, 0.3) is 0 Å². The van der Waals surface area contributed by atoms with Gasteiger partial charge in [0.05, 0.1) is 12.7 Å². The van der Waals surface area contributed by atoms with E-state index in [1.807, 2.05) is 6.08 Å². The summed E-state index contributed by atoms with van der Waals surface area (Å²) in [6.07, 6.45) is 14.4. The maximum absolute atomic E-state index is 9.71.